The second-order valence-electron chi connectivity index (χ2n) is 5.68. The van der Waals surface area contributed by atoms with Gasteiger partial charge in [-0.15, -0.1) is 0 Å². The first-order valence-corrected chi connectivity index (χ1v) is 8.96. The fraction of sp³-hybridized carbons (Fsp3) is 0.100. The van der Waals surface area contributed by atoms with Gasteiger partial charge < -0.3 is 4.74 Å². The third kappa shape index (κ3) is 3.45. The summed E-state index contributed by atoms with van der Waals surface area (Å²) in [7, 11) is 1.30. The van der Waals surface area contributed by atoms with Gasteiger partial charge in [-0.1, -0.05) is 39.7 Å². The normalized spacial score (nSPS) is 15.8. The number of rotatable bonds is 3. The van der Waals surface area contributed by atoms with Crippen LogP contribution >= 0.6 is 27.5 Å². The lowest BCUT2D eigenvalue weighted by molar-refractivity contribution is -0.136. The highest BCUT2D eigenvalue weighted by Crippen LogP contribution is 2.35. The van der Waals surface area contributed by atoms with Gasteiger partial charge in [-0.05, 0) is 55.0 Å². The number of anilines is 1. The highest BCUT2D eigenvalue weighted by Gasteiger charge is 2.37. The van der Waals surface area contributed by atoms with Crippen molar-refractivity contribution < 1.29 is 14.3 Å². The number of carbonyl (C=O) groups is 2. The molecular formula is C20H15BrClNO3. The van der Waals surface area contributed by atoms with Crippen molar-refractivity contribution in [3.05, 3.63) is 80.4 Å². The number of methoxy groups -OCH3 is 1. The SMILES string of the molecule is COC(=O)C1=C(C)N(c2ccc(Br)cc2)C(=O)/C1=C\c1ccc(Cl)cc1. The minimum Gasteiger partial charge on any atom is -0.465 e. The maximum Gasteiger partial charge on any atom is 0.340 e. The van der Waals surface area contributed by atoms with Crippen LogP contribution in [0.2, 0.25) is 5.02 Å². The molecule has 0 spiro atoms. The molecule has 1 heterocycles. The smallest absolute Gasteiger partial charge is 0.340 e. The van der Waals surface area contributed by atoms with Gasteiger partial charge in [0.1, 0.15) is 0 Å². The van der Waals surface area contributed by atoms with Gasteiger partial charge in [0.05, 0.1) is 18.3 Å². The molecule has 2 aromatic rings. The van der Waals surface area contributed by atoms with Crippen LogP contribution < -0.4 is 4.90 Å². The first-order chi connectivity index (χ1) is 12.4. The summed E-state index contributed by atoms with van der Waals surface area (Å²) in [6.45, 7) is 1.73. The average Bonchev–Trinajstić information content (AvgIpc) is 2.87. The largest absolute Gasteiger partial charge is 0.465 e. The van der Waals surface area contributed by atoms with Gasteiger partial charge in [0.25, 0.3) is 5.91 Å². The molecule has 26 heavy (non-hydrogen) atoms. The highest BCUT2D eigenvalue weighted by atomic mass is 79.9. The Morgan fingerprint density at radius 3 is 2.31 bits per heavy atom. The van der Waals surface area contributed by atoms with E-state index in [1.54, 1.807) is 37.3 Å². The van der Waals surface area contributed by atoms with Crippen molar-refractivity contribution in [3.8, 4) is 0 Å². The van der Waals surface area contributed by atoms with Crippen molar-refractivity contribution in [3.63, 3.8) is 0 Å². The minimum absolute atomic E-state index is 0.260. The zero-order chi connectivity index (χ0) is 18.8. The number of amides is 1. The number of hydrogen-bond donors (Lipinski definition) is 0. The summed E-state index contributed by atoms with van der Waals surface area (Å²) in [5, 5.41) is 0.598. The molecule has 4 nitrogen and oxygen atoms in total. The lowest BCUT2D eigenvalue weighted by Gasteiger charge is -2.18. The Labute approximate surface area is 164 Å². The number of hydrogen-bond acceptors (Lipinski definition) is 3. The molecule has 0 aliphatic carbocycles. The van der Waals surface area contributed by atoms with E-state index < -0.39 is 5.97 Å². The number of halogens is 2. The summed E-state index contributed by atoms with van der Waals surface area (Å²) in [5.41, 5.74) is 2.53. The summed E-state index contributed by atoms with van der Waals surface area (Å²) in [5.74, 6) is -0.823. The molecular weight excluding hydrogens is 418 g/mol. The molecule has 1 amide bonds. The predicted octanol–water partition coefficient (Wildman–Crippen LogP) is 4.98. The second kappa shape index (κ2) is 7.48. The van der Waals surface area contributed by atoms with Crippen molar-refractivity contribution in [2.45, 2.75) is 6.92 Å². The van der Waals surface area contributed by atoms with Crippen LogP contribution in [-0.4, -0.2) is 19.0 Å². The van der Waals surface area contributed by atoms with E-state index in [2.05, 4.69) is 15.9 Å². The number of benzene rings is 2. The maximum absolute atomic E-state index is 13.1. The zero-order valence-corrected chi connectivity index (χ0v) is 16.5. The number of nitrogens with zero attached hydrogens (tertiary/aromatic N) is 1. The molecule has 1 aliphatic heterocycles. The van der Waals surface area contributed by atoms with E-state index in [0.717, 1.165) is 10.0 Å². The third-order valence-corrected chi connectivity index (χ3v) is 4.84. The van der Waals surface area contributed by atoms with E-state index in [9.17, 15) is 9.59 Å². The first kappa shape index (κ1) is 18.4. The van der Waals surface area contributed by atoms with E-state index >= 15 is 0 Å². The summed E-state index contributed by atoms with van der Waals surface area (Å²) < 4.78 is 5.80. The Morgan fingerprint density at radius 2 is 1.73 bits per heavy atom. The van der Waals surface area contributed by atoms with Crippen LogP contribution in [0.25, 0.3) is 6.08 Å². The molecule has 3 rings (SSSR count). The van der Waals surface area contributed by atoms with Crippen molar-refractivity contribution in [1.29, 1.82) is 0 Å². The summed E-state index contributed by atoms with van der Waals surface area (Å²) in [6.07, 6.45) is 1.67. The first-order valence-electron chi connectivity index (χ1n) is 7.79. The molecule has 2 aromatic carbocycles. The fourth-order valence-corrected chi connectivity index (χ4v) is 3.20. The summed E-state index contributed by atoms with van der Waals surface area (Å²) >= 11 is 9.30. The van der Waals surface area contributed by atoms with Gasteiger partial charge in [-0.25, -0.2) is 4.79 Å². The molecule has 0 unspecified atom stereocenters. The molecule has 0 aromatic heterocycles. The standard InChI is InChI=1S/C20H15BrClNO3/c1-12-18(20(25)26-2)17(11-13-3-7-15(22)8-4-13)19(24)23(12)16-9-5-14(21)6-10-16/h3-11H,1-2H3/b17-11-. The maximum atomic E-state index is 13.1. The van der Waals surface area contributed by atoms with Crippen LogP contribution in [0.5, 0.6) is 0 Å². The topological polar surface area (TPSA) is 46.6 Å². The van der Waals surface area contributed by atoms with E-state index in [4.69, 9.17) is 16.3 Å². The fourth-order valence-electron chi connectivity index (χ4n) is 2.81. The molecule has 6 heteroatoms. The monoisotopic (exact) mass is 431 g/mol. The van der Waals surface area contributed by atoms with Crippen molar-refractivity contribution >= 4 is 51.2 Å². The van der Waals surface area contributed by atoms with Gasteiger partial charge in [-0.3, -0.25) is 9.69 Å². The number of allylic oxidation sites excluding steroid dienone is 1. The molecule has 132 valence electrons. The Kier molecular flexibility index (Phi) is 5.30. The van der Waals surface area contributed by atoms with Gasteiger partial charge in [-0.2, -0.15) is 0 Å². The molecule has 0 N–H and O–H groups in total. The molecule has 1 aliphatic rings. The lowest BCUT2D eigenvalue weighted by Crippen LogP contribution is -2.24. The van der Waals surface area contributed by atoms with E-state index in [0.29, 0.717) is 22.0 Å². The number of esters is 1. The quantitative estimate of drug-likeness (QED) is 0.508. The molecule has 0 saturated carbocycles. The Bertz CT molecular complexity index is 931. The van der Waals surface area contributed by atoms with Crippen molar-refractivity contribution in [2.75, 3.05) is 12.0 Å². The third-order valence-electron chi connectivity index (χ3n) is 4.06. The second-order valence-corrected chi connectivity index (χ2v) is 7.03. The summed E-state index contributed by atoms with van der Waals surface area (Å²) in [4.78, 5) is 26.9. The van der Waals surface area contributed by atoms with Crippen LogP contribution in [0, 0.1) is 0 Å². The van der Waals surface area contributed by atoms with Crippen LogP contribution in [0.4, 0.5) is 5.69 Å². The predicted molar refractivity (Wildman–Crippen MR) is 106 cm³/mol. The number of ether oxygens (including phenoxy) is 1. The van der Waals surface area contributed by atoms with E-state index in [-0.39, 0.29) is 11.5 Å². The molecule has 0 saturated heterocycles. The van der Waals surface area contributed by atoms with Gasteiger partial charge in [0.2, 0.25) is 0 Å². The average molecular weight is 433 g/mol. The Balaban J connectivity index is 2.12. The van der Waals surface area contributed by atoms with Gasteiger partial charge >= 0.3 is 5.97 Å². The van der Waals surface area contributed by atoms with E-state index in [1.807, 2.05) is 24.3 Å². The molecule has 0 radical (unpaired) electrons. The van der Waals surface area contributed by atoms with Crippen molar-refractivity contribution in [2.24, 2.45) is 0 Å². The van der Waals surface area contributed by atoms with Crippen LogP contribution in [-0.2, 0) is 14.3 Å². The Hall–Kier alpha value is -2.37. The lowest BCUT2D eigenvalue weighted by atomic mass is 10.0. The minimum atomic E-state index is -0.546. The van der Waals surface area contributed by atoms with Crippen LogP contribution in [0.3, 0.4) is 0 Å². The Morgan fingerprint density at radius 1 is 1.12 bits per heavy atom. The molecule has 0 bridgehead atoms. The molecule has 0 atom stereocenters. The van der Waals surface area contributed by atoms with Crippen LogP contribution in [0.1, 0.15) is 12.5 Å². The zero-order valence-electron chi connectivity index (χ0n) is 14.1. The molecule has 0 fully saturated rings. The van der Waals surface area contributed by atoms with E-state index in [1.165, 1.54) is 12.0 Å². The highest BCUT2D eigenvalue weighted by molar-refractivity contribution is 9.10. The van der Waals surface area contributed by atoms with Crippen LogP contribution in [0.15, 0.2) is 69.8 Å². The van der Waals surface area contributed by atoms with Gasteiger partial charge in [0, 0.05) is 20.9 Å². The van der Waals surface area contributed by atoms with Crippen molar-refractivity contribution in [1.82, 2.24) is 0 Å². The van der Waals surface area contributed by atoms with Gasteiger partial charge in [0.15, 0.2) is 0 Å². The summed E-state index contributed by atoms with van der Waals surface area (Å²) in [6, 6.07) is 14.3. The number of carbonyl (C=O) groups excluding carboxylic acids is 2.